The average Bonchev–Trinajstić information content (AvgIpc) is 2.84. The second-order valence-corrected chi connectivity index (χ2v) is 8.72. The molecule has 146 valence electrons. The van der Waals surface area contributed by atoms with Crippen LogP contribution in [-0.4, -0.2) is 39.3 Å². The molecule has 1 fully saturated rings. The summed E-state index contributed by atoms with van der Waals surface area (Å²) >= 11 is 0. The van der Waals surface area contributed by atoms with E-state index in [1.807, 2.05) is 6.92 Å². The lowest BCUT2D eigenvalue weighted by molar-refractivity contribution is -0.122. The summed E-state index contributed by atoms with van der Waals surface area (Å²) in [6.45, 7) is 4.05. The van der Waals surface area contributed by atoms with Gasteiger partial charge >= 0.3 is 0 Å². The van der Waals surface area contributed by atoms with Gasteiger partial charge in [0, 0.05) is 6.04 Å². The van der Waals surface area contributed by atoms with Crippen LogP contribution in [0.5, 0.6) is 5.75 Å². The van der Waals surface area contributed by atoms with Crippen molar-refractivity contribution >= 4 is 21.6 Å². The number of hydrogen-bond donors (Lipinski definition) is 1. The fourth-order valence-corrected chi connectivity index (χ4v) is 4.59. The van der Waals surface area contributed by atoms with Gasteiger partial charge < -0.3 is 10.1 Å². The number of benzene rings is 1. The predicted octanol–water partition coefficient (Wildman–Crippen LogP) is 3.08. The maximum atomic E-state index is 12.7. The van der Waals surface area contributed by atoms with Gasteiger partial charge in [0.05, 0.1) is 18.6 Å². The first-order valence-corrected chi connectivity index (χ1v) is 11.2. The number of sulfonamides is 1. The monoisotopic (exact) mass is 382 g/mol. The Bertz CT molecular complexity index is 680. The van der Waals surface area contributed by atoms with Gasteiger partial charge in [-0.15, -0.1) is 0 Å². The molecule has 26 heavy (non-hydrogen) atoms. The number of carbonyl (C=O) groups excluding carboxylic acids is 1. The summed E-state index contributed by atoms with van der Waals surface area (Å²) in [5, 5.41) is 3.04. The van der Waals surface area contributed by atoms with Crippen LogP contribution in [0.2, 0.25) is 0 Å². The lowest BCUT2D eigenvalue weighted by Gasteiger charge is -2.29. The van der Waals surface area contributed by atoms with Crippen LogP contribution in [0.1, 0.15) is 52.4 Å². The maximum Gasteiger partial charge on any atom is 0.243 e. The molecule has 1 aliphatic rings. The summed E-state index contributed by atoms with van der Waals surface area (Å²) in [6.07, 6.45) is 7.65. The number of carbonyl (C=O) groups is 1. The molecule has 0 radical (unpaired) electrons. The number of rotatable bonds is 7. The van der Waals surface area contributed by atoms with E-state index in [0.29, 0.717) is 18.0 Å². The molecule has 1 atom stereocenters. The van der Waals surface area contributed by atoms with Gasteiger partial charge in [-0.2, -0.15) is 0 Å². The molecule has 7 heteroatoms. The van der Waals surface area contributed by atoms with E-state index in [2.05, 4.69) is 5.32 Å². The van der Waals surface area contributed by atoms with Crippen molar-refractivity contribution in [1.82, 2.24) is 5.32 Å². The fourth-order valence-electron chi connectivity index (χ4n) is 3.41. The van der Waals surface area contributed by atoms with E-state index in [-0.39, 0.29) is 11.9 Å². The Morgan fingerprint density at radius 2 is 1.77 bits per heavy atom. The first-order valence-electron chi connectivity index (χ1n) is 9.35. The molecule has 0 aliphatic heterocycles. The molecule has 0 spiro atoms. The summed E-state index contributed by atoms with van der Waals surface area (Å²) in [7, 11) is -3.60. The van der Waals surface area contributed by atoms with Crippen LogP contribution < -0.4 is 14.4 Å². The highest BCUT2D eigenvalue weighted by Gasteiger charge is 2.30. The summed E-state index contributed by atoms with van der Waals surface area (Å²) in [5.41, 5.74) is 0.458. The van der Waals surface area contributed by atoms with Crippen LogP contribution >= 0.6 is 0 Å². The topological polar surface area (TPSA) is 75.7 Å². The van der Waals surface area contributed by atoms with Crippen molar-refractivity contribution in [3.8, 4) is 5.75 Å². The van der Waals surface area contributed by atoms with Crippen molar-refractivity contribution in [2.45, 2.75) is 64.5 Å². The molecular formula is C19H30N2O4S. The Kier molecular flexibility index (Phi) is 7.32. The Hall–Kier alpha value is -1.76. The summed E-state index contributed by atoms with van der Waals surface area (Å²) in [4.78, 5) is 12.7. The van der Waals surface area contributed by atoms with Gasteiger partial charge in [0.25, 0.3) is 0 Å². The van der Waals surface area contributed by atoms with Gasteiger partial charge in [0.15, 0.2) is 0 Å². The highest BCUT2D eigenvalue weighted by Crippen LogP contribution is 2.24. The van der Waals surface area contributed by atoms with Gasteiger partial charge in [0.2, 0.25) is 15.9 Å². The molecule has 0 heterocycles. The zero-order valence-electron chi connectivity index (χ0n) is 15.9. The number of ether oxygens (including phenoxy) is 1. The van der Waals surface area contributed by atoms with Gasteiger partial charge in [-0.25, -0.2) is 8.42 Å². The number of nitrogens with zero attached hydrogens (tertiary/aromatic N) is 1. The second kappa shape index (κ2) is 9.26. The highest BCUT2D eigenvalue weighted by molar-refractivity contribution is 7.92. The van der Waals surface area contributed by atoms with Gasteiger partial charge in [0.1, 0.15) is 11.8 Å². The largest absolute Gasteiger partial charge is 0.494 e. The molecule has 1 N–H and O–H groups in total. The van der Waals surface area contributed by atoms with E-state index in [1.165, 1.54) is 17.1 Å². The van der Waals surface area contributed by atoms with Crippen LogP contribution in [0.3, 0.4) is 0 Å². The maximum absolute atomic E-state index is 12.7. The Morgan fingerprint density at radius 1 is 1.19 bits per heavy atom. The number of amides is 1. The van der Waals surface area contributed by atoms with E-state index < -0.39 is 16.1 Å². The molecular weight excluding hydrogens is 352 g/mol. The van der Waals surface area contributed by atoms with Crippen molar-refractivity contribution in [2.75, 3.05) is 17.2 Å². The van der Waals surface area contributed by atoms with E-state index in [9.17, 15) is 13.2 Å². The van der Waals surface area contributed by atoms with E-state index in [0.717, 1.165) is 31.9 Å². The number of nitrogens with one attached hydrogen (secondary N) is 1. The number of anilines is 1. The molecule has 1 amide bonds. The average molecular weight is 383 g/mol. The van der Waals surface area contributed by atoms with Crippen molar-refractivity contribution in [3.63, 3.8) is 0 Å². The SMILES string of the molecule is CCOc1ccc(N([C@@H](C)C(=O)NC2CCCCCC2)S(C)(=O)=O)cc1. The highest BCUT2D eigenvalue weighted by atomic mass is 32.2. The van der Waals surface area contributed by atoms with Crippen molar-refractivity contribution in [2.24, 2.45) is 0 Å². The predicted molar refractivity (Wildman–Crippen MR) is 104 cm³/mol. The summed E-state index contributed by atoms with van der Waals surface area (Å²) in [6, 6.07) is 6.09. The zero-order chi connectivity index (χ0) is 19.2. The van der Waals surface area contributed by atoms with E-state index in [4.69, 9.17) is 4.74 Å². The van der Waals surface area contributed by atoms with Crippen LogP contribution in [-0.2, 0) is 14.8 Å². The lowest BCUT2D eigenvalue weighted by Crippen LogP contribution is -2.50. The van der Waals surface area contributed by atoms with Crippen LogP contribution in [0.4, 0.5) is 5.69 Å². The normalized spacial score (nSPS) is 17.2. The van der Waals surface area contributed by atoms with E-state index in [1.54, 1.807) is 31.2 Å². The summed E-state index contributed by atoms with van der Waals surface area (Å²) in [5.74, 6) is 0.413. The first kappa shape index (κ1) is 20.6. The van der Waals surface area contributed by atoms with Gasteiger partial charge in [-0.05, 0) is 51.0 Å². The van der Waals surface area contributed by atoms with Crippen molar-refractivity contribution in [1.29, 1.82) is 0 Å². The number of hydrogen-bond acceptors (Lipinski definition) is 4. The third-order valence-corrected chi connectivity index (χ3v) is 5.93. The Balaban J connectivity index is 2.15. The van der Waals surface area contributed by atoms with Crippen LogP contribution in [0.25, 0.3) is 0 Å². The molecule has 0 aromatic heterocycles. The third kappa shape index (κ3) is 5.62. The molecule has 0 unspecified atom stereocenters. The molecule has 0 bridgehead atoms. The van der Waals surface area contributed by atoms with E-state index >= 15 is 0 Å². The zero-order valence-corrected chi connectivity index (χ0v) is 16.7. The standard InChI is InChI=1S/C19H30N2O4S/c1-4-25-18-13-11-17(12-14-18)21(26(3,23)24)15(2)19(22)20-16-9-7-5-6-8-10-16/h11-16H,4-10H2,1-3H3,(H,20,22)/t15-/m0/s1. The quantitative estimate of drug-likeness (QED) is 0.735. The smallest absolute Gasteiger partial charge is 0.243 e. The molecule has 1 aliphatic carbocycles. The van der Waals surface area contributed by atoms with Crippen LogP contribution in [0.15, 0.2) is 24.3 Å². The molecule has 1 saturated carbocycles. The molecule has 0 saturated heterocycles. The van der Waals surface area contributed by atoms with Crippen molar-refractivity contribution in [3.05, 3.63) is 24.3 Å². The van der Waals surface area contributed by atoms with Crippen LogP contribution in [0, 0.1) is 0 Å². The third-order valence-electron chi connectivity index (χ3n) is 4.69. The second-order valence-electron chi connectivity index (χ2n) is 6.86. The molecule has 2 rings (SSSR count). The molecule has 1 aromatic rings. The lowest BCUT2D eigenvalue weighted by atomic mass is 10.1. The fraction of sp³-hybridized carbons (Fsp3) is 0.632. The Labute approximate surface area is 157 Å². The first-order chi connectivity index (χ1) is 12.3. The van der Waals surface area contributed by atoms with Gasteiger partial charge in [-0.1, -0.05) is 25.7 Å². The Morgan fingerprint density at radius 3 is 2.27 bits per heavy atom. The molecule has 6 nitrogen and oxygen atoms in total. The molecule has 1 aromatic carbocycles. The minimum atomic E-state index is -3.60. The minimum Gasteiger partial charge on any atom is -0.494 e. The van der Waals surface area contributed by atoms with Gasteiger partial charge in [-0.3, -0.25) is 9.10 Å². The minimum absolute atomic E-state index is 0.134. The summed E-state index contributed by atoms with van der Waals surface area (Å²) < 4.78 is 31.3. The van der Waals surface area contributed by atoms with Crippen molar-refractivity contribution < 1.29 is 17.9 Å².